The Bertz CT molecular complexity index is 1650. The molecule has 0 saturated heterocycles. The molecular weight excluding hydrogens is 602 g/mol. The van der Waals surface area contributed by atoms with Crippen molar-refractivity contribution in [2.24, 2.45) is 5.10 Å². The second-order valence-electron chi connectivity index (χ2n) is 9.65. The normalized spacial score (nSPS) is 15.0. The third kappa shape index (κ3) is 8.44. The number of aliphatic hydroxyl groups excluding tert-OH is 1. The molecule has 1 heterocycles. The number of carbonyl (C=O) groups excluding carboxylic acids is 2. The molecule has 3 aromatic carbocycles. The maximum Gasteiger partial charge on any atom is 0.337 e. The predicted octanol–water partition coefficient (Wildman–Crippen LogP) is 4.31. The van der Waals surface area contributed by atoms with Crippen molar-refractivity contribution in [1.29, 1.82) is 5.26 Å². The maximum atomic E-state index is 12.5. The minimum absolute atomic E-state index is 0.168. The lowest BCUT2D eigenvalue weighted by Gasteiger charge is -2.28. The van der Waals surface area contributed by atoms with Crippen molar-refractivity contribution >= 4 is 29.8 Å². The van der Waals surface area contributed by atoms with E-state index in [0.29, 0.717) is 51.3 Å². The van der Waals surface area contributed by atoms with Gasteiger partial charge in [-0.15, -0.1) is 0 Å². The molecule has 3 aromatic rings. The monoisotopic (exact) mass is 633 g/mol. The van der Waals surface area contributed by atoms with Crippen LogP contribution in [0.1, 0.15) is 42.1 Å². The average Bonchev–Trinajstić information content (AvgIpc) is 3.03. The summed E-state index contributed by atoms with van der Waals surface area (Å²) in [7, 11) is 1.27. The number of aliphatic hydroxyl groups is 1. The largest absolute Gasteiger partial charge is 0.490 e. The third-order valence-corrected chi connectivity index (χ3v) is 6.83. The summed E-state index contributed by atoms with van der Waals surface area (Å²) in [5.41, 5.74) is 5.60. The SMILES string of the molecule is CCOc1cc([C@@H]2NC(=O)NC(C)=C2C(=O)OC)ccc1OC[C@@H](O)N/N=C/c1cc(Cl)ccc1OCc1ccccc1C#N. The Morgan fingerprint density at radius 2 is 1.91 bits per heavy atom. The van der Waals surface area contributed by atoms with Crippen molar-refractivity contribution in [3.8, 4) is 23.3 Å². The van der Waals surface area contributed by atoms with Gasteiger partial charge in [0.25, 0.3) is 0 Å². The van der Waals surface area contributed by atoms with Crippen LogP contribution in [0.2, 0.25) is 5.02 Å². The minimum Gasteiger partial charge on any atom is -0.490 e. The zero-order chi connectivity index (χ0) is 32.3. The highest BCUT2D eigenvalue weighted by Gasteiger charge is 2.32. The second kappa shape index (κ2) is 15.5. The number of halogens is 1. The first-order valence-corrected chi connectivity index (χ1v) is 14.2. The minimum atomic E-state index is -1.21. The lowest BCUT2D eigenvalue weighted by molar-refractivity contribution is -0.136. The number of rotatable bonds is 13. The molecule has 2 amide bonds. The van der Waals surface area contributed by atoms with Crippen LogP contribution >= 0.6 is 11.6 Å². The van der Waals surface area contributed by atoms with E-state index in [1.165, 1.54) is 13.3 Å². The molecule has 1 aliphatic heterocycles. The number of esters is 1. The molecule has 234 valence electrons. The van der Waals surface area contributed by atoms with E-state index in [4.69, 9.17) is 30.5 Å². The first kappa shape index (κ1) is 32.7. The highest BCUT2D eigenvalue weighted by molar-refractivity contribution is 6.30. The van der Waals surface area contributed by atoms with E-state index in [1.54, 1.807) is 62.4 Å². The molecule has 0 fully saturated rings. The number of nitrogens with one attached hydrogen (secondary N) is 3. The number of carbonyl (C=O) groups is 2. The van der Waals surface area contributed by atoms with E-state index in [2.05, 4.69) is 27.2 Å². The third-order valence-electron chi connectivity index (χ3n) is 6.59. The smallest absolute Gasteiger partial charge is 0.337 e. The molecule has 12 nitrogen and oxygen atoms in total. The van der Waals surface area contributed by atoms with Crippen LogP contribution in [-0.4, -0.2) is 49.9 Å². The van der Waals surface area contributed by atoms with Crippen molar-refractivity contribution in [2.45, 2.75) is 32.7 Å². The molecule has 4 rings (SSSR count). The van der Waals surface area contributed by atoms with Crippen LogP contribution in [0.25, 0.3) is 0 Å². The quantitative estimate of drug-likeness (QED) is 0.0929. The van der Waals surface area contributed by atoms with Crippen molar-refractivity contribution < 1.29 is 33.6 Å². The molecule has 4 N–H and O–H groups in total. The fourth-order valence-electron chi connectivity index (χ4n) is 4.48. The van der Waals surface area contributed by atoms with Crippen molar-refractivity contribution in [1.82, 2.24) is 16.1 Å². The van der Waals surface area contributed by atoms with Crippen molar-refractivity contribution in [3.63, 3.8) is 0 Å². The van der Waals surface area contributed by atoms with E-state index in [-0.39, 0.29) is 18.8 Å². The van der Waals surface area contributed by atoms with Gasteiger partial charge in [-0.1, -0.05) is 35.9 Å². The van der Waals surface area contributed by atoms with Gasteiger partial charge in [-0.2, -0.15) is 10.4 Å². The second-order valence-corrected chi connectivity index (χ2v) is 10.1. The molecule has 13 heteroatoms. The lowest BCUT2D eigenvalue weighted by Crippen LogP contribution is -2.45. The number of nitrogens with zero attached hydrogens (tertiary/aromatic N) is 2. The predicted molar refractivity (Wildman–Crippen MR) is 166 cm³/mol. The Morgan fingerprint density at radius 3 is 2.67 bits per heavy atom. The molecule has 0 aromatic heterocycles. The Balaban J connectivity index is 1.41. The summed E-state index contributed by atoms with van der Waals surface area (Å²) in [6.45, 7) is 3.70. The number of urea groups is 1. The number of ether oxygens (including phenoxy) is 4. The van der Waals surface area contributed by atoms with E-state index in [9.17, 15) is 20.0 Å². The van der Waals surface area contributed by atoms with Crippen molar-refractivity contribution in [2.75, 3.05) is 20.3 Å². The van der Waals surface area contributed by atoms with Gasteiger partial charge in [0.15, 0.2) is 17.7 Å². The Labute approximate surface area is 265 Å². The van der Waals surface area contributed by atoms with E-state index < -0.39 is 24.3 Å². The fraction of sp³-hybridized carbons (Fsp3) is 0.250. The summed E-state index contributed by atoms with van der Waals surface area (Å²) in [6.07, 6.45) is 0.240. The average molecular weight is 634 g/mol. The summed E-state index contributed by atoms with van der Waals surface area (Å²) >= 11 is 6.18. The van der Waals surface area contributed by atoms with Gasteiger partial charge in [0.2, 0.25) is 0 Å². The standard InChI is InChI=1S/C32H32ClN5O7/c1-4-43-27-14-20(30-29(31(40)42-3)19(2)36-32(41)37-30)9-11-26(27)45-18-28(39)38-35-16-23-13-24(33)10-12-25(23)44-17-22-8-6-5-7-21(22)15-34/h5-14,16,28,30,38-39H,4,17-18H2,1-3H3,(H2,36,37,41)/b35-16+/t28-,30+/m1/s1. The van der Waals surface area contributed by atoms with Crippen molar-refractivity contribution in [3.05, 3.63) is 99.2 Å². The number of allylic oxidation sites excluding steroid dienone is 1. The molecule has 0 radical (unpaired) electrons. The van der Waals surface area contributed by atoms with Gasteiger partial charge < -0.3 is 34.7 Å². The van der Waals surface area contributed by atoms with Crippen LogP contribution in [0.15, 0.2) is 77.0 Å². The summed E-state index contributed by atoms with van der Waals surface area (Å²) in [4.78, 5) is 24.6. The molecule has 45 heavy (non-hydrogen) atoms. The van der Waals surface area contributed by atoms with Gasteiger partial charge in [-0.25, -0.2) is 9.59 Å². The molecule has 1 aliphatic rings. The zero-order valence-corrected chi connectivity index (χ0v) is 25.6. The van der Waals surface area contributed by atoms with E-state index >= 15 is 0 Å². The lowest BCUT2D eigenvalue weighted by atomic mass is 9.95. The number of nitriles is 1. The topological polar surface area (TPSA) is 164 Å². The summed E-state index contributed by atoms with van der Waals surface area (Å²) in [6, 6.07) is 18.0. The van der Waals surface area contributed by atoms with Gasteiger partial charge >= 0.3 is 12.0 Å². The number of methoxy groups -OCH3 is 1. The van der Waals surface area contributed by atoms with Gasteiger partial charge in [-0.05, 0) is 55.8 Å². The Kier molecular flexibility index (Phi) is 11.2. The molecule has 0 saturated carbocycles. The Morgan fingerprint density at radius 1 is 1.13 bits per heavy atom. The molecular formula is C32H32ClN5O7. The fourth-order valence-corrected chi connectivity index (χ4v) is 4.66. The highest BCUT2D eigenvalue weighted by Crippen LogP contribution is 2.35. The number of hydrogen-bond donors (Lipinski definition) is 4. The van der Waals surface area contributed by atoms with Gasteiger partial charge in [-0.3, -0.25) is 5.43 Å². The van der Waals surface area contributed by atoms with Gasteiger partial charge in [0.05, 0.1) is 43.2 Å². The van der Waals surface area contributed by atoms with Crippen LogP contribution in [0.4, 0.5) is 4.79 Å². The van der Waals surface area contributed by atoms with Gasteiger partial charge in [0, 0.05) is 21.8 Å². The molecule has 0 bridgehead atoms. The molecule has 0 unspecified atom stereocenters. The summed E-state index contributed by atoms with van der Waals surface area (Å²) in [5, 5.41) is 29.7. The number of hydrazone groups is 1. The zero-order valence-electron chi connectivity index (χ0n) is 24.8. The molecule has 0 spiro atoms. The maximum absolute atomic E-state index is 12.5. The summed E-state index contributed by atoms with van der Waals surface area (Å²) in [5.74, 6) is 0.572. The molecule has 0 aliphatic carbocycles. The highest BCUT2D eigenvalue weighted by atomic mass is 35.5. The van der Waals surface area contributed by atoms with E-state index in [0.717, 1.165) is 5.56 Å². The first-order chi connectivity index (χ1) is 21.7. The Hall–Kier alpha value is -5.25. The van der Waals surface area contributed by atoms with E-state index in [1.807, 2.05) is 12.1 Å². The van der Waals surface area contributed by atoms with Crippen LogP contribution in [0, 0.1) is 11.3 Å². The number of amides is 2. The number of benzene rings is 3. The van der Waals surface area contributed by atoms with Crippen LogP contribution in [0.3, 0.4) is 0 Å². The van der Waals surface area contributed by atoms with Gasteiger partial charge in [0.1, 0.15) is 19.0 Å². The van der Waals surface area contributed by atoms with Crippen LogP contribution < -0.4 is 30.3 Å². The summed E-state index contributed by atoms with van der Waals surface area (Å²) < 4.78 is 22.4. The van der Waals surface area contributed by atoms with Crippen LogP contribution in [0.5, 0.6) is 17.2 Å². The number of hydrogen-bond acceptors (Lipinski definition) is 10. The first-order valence-electron chi connectivity index (χ1n) is 13.9. The molecule has 2 atom stereocenters. The van der Waals surface area contributed by atoms with Crippen LogP contribution in [-0.2, 0) is 16.1 Å².